The highest BCUT2D eigenvalue weighted by Gasteiger charge is 2.36. The number of esters is 1. The molecule has 3 aromatic carbocycles. The van der Waals surface area contributed by atoms with Gasteiger partial charge in [-0.2, -0.15) is 0 Å². The number of hydrogen-bond acceptors (Lipinski definition) is 5. The number of nitrogens with zero attached hydrogens (tertiary/aromatic N) is 1. The number of anilines is 2. The largest absolute Gasteiger partial charge is 0.497 e. The molecule has 1 heterocycles. The highest BCUT2D eigenvalue weighted by Crippen LogP contribution is 2.28. The molecule has 2 amide bonds. The van der Waals surface area contributed by atoms with Crippen LogP contribution in [0.5, 0.6) is 11.5 Å². The summed E-state index contributed by atoms with van der Waals surface area (Å²) in [6.07, 6.45) is 0.0933. The van der Waals surface area contributed by atoms with Crippen LogP contribution in [0.25, 0.3) is 0 Å². The van der Waals surface area contributed by atoms with Gasteiger partial charge in [-0.15, -0.1) is 0 Å². The second-order valence-electron chi connectivity index (χ2n) is 7.37. The molecule has 0 spiro atoms. The summed E-state index contributed by atoms with van der Waals surface area (Å²) in [5.74, 6) is -0.324. The fraction of sp³-hybridized carbons (Fsp3) is 0.160. The van der Waals surface area contributed by atoms with Crippen LogP contribution in [0.3, 0.4) is 0 Å². The van der Waals surface area contributed by atoms with E-state index in [0.29, 0.717) is 28.4 Å². The van der Waals surface area contributed by atoms with Crippen LogP contribution in [0.15, 0.2) is 78.9 Å². The average Bonchev–Trinajstić information content (AvgIpc) is 3.22. The van der Waals surface area contributed by atoms with Crippen LogP contribution in [0.4, 0.5) is 11.4 Å². The topological polar surface area (TPSA) is 84.9 Å². The molecule has 1 aliphatic heterocycles. The lowest BCUT2D eigenvalue weighted by atomic mass is 10.1. The quantitative estimate of drug-likeness (QED) is 0.474. The third-order valence-electron chi connectivity index (χ3n) is 5.21. The van der Waals surface area contributed by atoms with Gasteiger partial charge in [0.1, 0.15) is 11.5 Å². The summed E-state index contributed by atoms with van der Waals surface area (Å²) >= 11 is 0. The molecule has 162 valence electrons. The van der Waals surface area contributed by atoms with Crippen LogP contribution in [0, 0.1) is 5.92 Å². The number of ether oxygens (including phenoxy) is 2. The molecule has 32 heavy (non-hydrogen) atoms. The second-order valence-corrected chi connectivity index (χ2v) is 7.37. The van der Waals surface area contributed by atoms with E-state index in [1.54, 1.807) is 84.8 Å². The molecule has 7 heteroatoms. The van der Waals surface area contributed by atoms with Crippen molar-refractivity contribution in [3.05, 3.63) is 84.4 Å². The molecular weight excluding hydrogens is 408 g/mol. The number of methoxy groups -OCH3 is 1. The van der Waals surface area contributed by atoms with Crippen molar-refractivity contribution in [3.8, 4) is 11.5 Å². The van der Waals surface area contributed by atoms with E-state index in [-0.39, 0.29) is 24.8 Å². The summed E-state index contributed by atoms with van der Waals surface area (Å²) in [6.45, 7) is 0.259. The monoisotopic (exact) mass is 430 g/mol. The summed E-state index contributed by atoms with van der Waals surface area (Å²) in [6, 6.07) is 22.5. The van der Waals surface area contributed by atoms with Crippen molar-refractivity contribution in [3.63, 3.8) is 0 Å². The minimum atomic E-state index is -0.554. The predicted octanol–water partition coefficient (Wildman–Crippen LogP) is 3.91. The molecule has 0 radical (unpaired) electrons. The highest BCUT2D eigenvalue weighted by molar-refractivity contribution is 6.04. The SMILES string of the molecule is COc1ccc(N2CC(C(=O)Oc3ccc(NC(=O)c4ccccc4)cc3)CC2=O)cc1. The summed E-state index contributed by atoms with van der Waals surface area (Å²) in [4.78, 5) is 38.8. The number of amides is 2. The van der Waals surface area contributed by atoms with E-state index in [4.69, 9.17) is 9.47 Å². The fourth-order valence-electron chi connectivity index (χ4n) is 3.48. The molecule has 1 N–H and O–H groups in total. The Morgan fingerprint density at radius 2 is 1.56 bits per heavy atom. The van der Waals surface area contributed by atoms with Crippen LogP contribution in [0.2, 0.25) is 0 Å². The Labute approximate surface area is 185 Å². The number of benzene rings is 3. The number of carbonyl (C=O) groups excluding carboxylic acids is 3. The minimum Gasteiger partial charge on any atom is -0.497 e. The normalized spacial score (nSPS) is 15.3. The Kier molecular flexibility index (Phi) is 6.17. The van der Waals surface area contributed by atoms with Crippen molar-refractivity contribution < 1.29 is 23.9 Å². The van der Waals surface area contributed by atoms with Gasteiger partial charge < -0.3 is 19.7 Å². The van der Waals surface area contributed by atoms with E-state index >= 15 is 0 Å². The van der Waals surface area contributed by atoms with Crippen molar-refractivity contribution in [2.75, 3.05) is 23.9 Å². The molecule has 0 saturated carbocycles. The Hall–Kier alpha value is -4.13. The van der Waals surface area contributed by atoms with Gasteiger partial charge in [-0.25, -0.2) is 0 Å². The summed E-state index contributed by atoms with van der Waals surface area (Å²) < 4.78 is 10.6. The Balaban J connectivity index is 1.34. The van der Waals surface area contributed by atoms with E-state index in [9.17, 15) is 14.4 Å². The number of rotatable bonds is 6. The molecule has 1 unspecified atom stereocenters. The average molecular weight is 430 g/mol. The first kappa shape index (κ1) is 21.1. The van der Waals surface area contributed by atoms with Gasteiger partial charge in [0.15, 0.2) is 0 Å². The maximum atomic E-state index is 12.6. The third-order valence-corrected chi connectivity index (χ3v) is 5.21. The standard InChI is InChI=1S/C25H22N2O5/c1-31-21-13-9-20(10-14-21)27-16-18(15-23(27)28)25(30)32-22-11-7-19(8-12-22)26-24(29)17-5-3-2-4-6-17/h2-14,18H,15-16H2,1H3,(H,26,29). The summed E-state index contributed by atoms with van der Waals surface area (Å²) in [5.41, 5.74) is 1.85. The molecule has 1 saturated heterocycles. The molecule has 4 rings (SSSR count). The number of nitrogens with one attached hydrogen (secondary N) is 1. The Morgan fingerprint density at radius 1 is 0.906 bits per heavy atom. The van der Waals surface area contributed by atoms with E-state index < -0.39 is 11.9 Å². The molecular formula is C25H22N2O5. The van der Waals surface area contributed by atoms with Crippen LogP contribution >= 0.6 is 0 Å². The van der Waals surface area contributed by atoms with Crippen molar-refractivity contribution >= 4 is 29.2 Å². The minimum absolute atomic E-state index is 0.0933. The molecule has 3 aromatic rings. The van der Waals surface area contributed by atoms with Gasteiger partial charge in [-0.05, 0) is 60.7 Å². The van der Waals surface area contributed by atoms with Crippen LogP contribution in [0.1, 0.15) is 16.8 Å². The molecule has 7 nitrogen and oxygen atoms in total. The van der Waals surface area contributed by atoms with Gasteiger partial charge in [0.25, 0.3) is 5.91 Å². The van der Waals surface area contributed by atoms with Crippen LogP contribution in [-0.4, -0.2) is 31.4 Å². The first-order valence-electron chi connectivity index (χ1n) is 10.2. The summed E-state index contributed by atoms with van der Waals surface area (Å²) in [7, 11) is 1.58. The highest BCUT2D eigenvalue weighted by atomic mass is 16.5. The van der Waals surface area contributed by atoms with E-state index in [2.05, 4.69) is 5.32 Å². The Bertz CT molecular complexity index is 1110. The zero-order chi connectivity index (χ0) is 22.5. The number of carbonyl (C=O) groups is 3. The molecule has 1 aliphatic rings. The second kappa shape index (κ2) is 9.34. The van der Waals surface area contributed by atoms with Gasteiger partial charge >= 0.3 is 5.97 Å². The predicted molar refractivity (Wildman–Crippen MR) is 120 cm³/mol. The fourth-order valence-corrected chi connectivity index (χ4v) is 3.48. The van der Waals surface area contributed by atoms with Crippen molar-refractivity contribution in [2.45, 2.75) is 6.42 Å². The molecule has 1 fully saturated rings. The zero-order valence-electron chi connectivity index (χ0n) is 17.5. The van der Waals surface area contributed by atoms with Gasteiger partial charge in [-0.1, -0.05) is 18.2 Å². The first-order valence-corrected chi connectivity index (χ1v) is 10.2. The van der Waals surface area contributed by atoms with Crippen LogP contribution < -0.4 is 19.7 Å². The Morgan fingerprint density at radius 3 is 2.22 bits per heavy atom. The molecule has 0 aliphatic carbocycles. The summed E-state index contributed by atoms with van der Waals surface area (Å²) in [5, 5.41) is 2.79. The van der Waals surface area contributed by atoms with Gasteiger partial charge in [-0.3, -0.25) is 14.4 Å². The molecule has 1 atom stereocenters. The smallest absolute Gasteiger partial charge is 0.316 e. The van der Waals surface area contributed by atoms with Gasteiger partial charge in [0.05, 0.1) is 13.0 Å². The van der Waals surface area contributed by atoms with Crippen molar-refractivity contribution in [1.29, 1.82) is 0 Å². The van der Waals surface area contributed by atoms with Gasteiger partial charge in [0.2, 0.25) is 5.91 Å². The van der Waals surface area contributed by atoms with E-state index in [1.165, 1.54) is 0 Å². The van der Waals surface area contributed by atoms with Gasteiger partial charge in [0, 0.05) is 29.9 Å². The number of hydrogen-bond donors (Lipinski definition) is 1. The van der Waals surface area contributed by atoms with E-state index in [1.807, 2.05) is 6.07 Å². The zero-order valence-corrected chi connectivity index (χ0v) is 17.5. The lowest BCUT2D eigenvalue weighted by Gasteiger charge is -2.17. The maximum absolute atomic E-state index is 12.6. The van der Waals surface area contributed by atoms with Crippen LogP contribution in [-0.2, 0) is 9.59 Å². The molecule has 0 aromatic heterocycles. The lowest BCUT2D eigenvalue weighted by molar-refractivity contribution is -0.139. The first-order chi connectivity index (χ1) is 15.5. The molecule has 0 bridgehead atoms. The lowest BCUT2D eigenvalue weighted by Crippen LogP contribution is -2.27. The van der Waals surface area contributed by atoms with Crippen molar-refractivity contribution in [2.24, 2.45) is 5.92 Å². The van der Waals surface area contributed by atoms with Crippen molar-refractivity contribution in [1.82, 2.24) is 0 Å². The van der Waals surface area contributed by atoms with E-state index in [0.717, 1.165) is 0 Å². The third kappa shape index (κ3) is 4.78. The maximum Gasteiger partial charge on any atom is 0.316 e.